The van der Waals surface area contributed by atoms with Gasteiger partial charge >= 0.3 is 0 Å². The number of hydrogen-bond donors (Lipinski definition) is 1. The summed E-state index contributed by atoms with van der Waals surface area (Å²) < 4.78 is 13.8. The smallest absolute Gasteiger partial charge is 0.127 e. The van der Waals surface area contributed by atoms with Gasteiger partial charge in [-0.05, 0) is 32.6 Å². The highest BCUT2D eigenvalue weighted by Gasteiger charge is 2.24. The molecule has 2 unspecified atom stereocenters. The molecule has 0 aliphatic heterocycles. The highest BCUT2D eigenvalue weighted by atomic mass is 19.1. The van der Waals surface area contributed by atoms with E-state index in [1.807, 2.05) is 31.1 Å². The van der Waals surface area contributed by atoms with Crippen molar-refractivity contribution in [3.63, 3.8) is 0 Å². The Morgan fingerprint density at radius 3 is 2.38 bits per heavy atom. The molecule has 0 fully saturated rings. The number of benzene rings is 1. The molecule has 2 N–H and O–H groups in total. The molecule has 0 aromatic heterocycles. The number of halogens is 1. The summed E-state index contributed by atoms with van der Waals surface area (Å²) in [5.74, 6) is 0.139. The van der Waals surface area contributed by atoms with Gasteiger partial charge in [0, 0.05) is 11.6 Å². The average Bonchev–Trinajstić information content (AvgIpc) is 2.27. The zero-order chi connectivity index (χ0) is 12.1. The van der Waals surface area contributed by atoms with Gasteiger partial charge in [-0.3, -0.25) is 0 Å². The summed E-state index contributed by atoms with van der Waals surface area (Å²) in [6.45, 7) is 2.67. The van der Waals surface area contributed by atoms with Gasteiger partial charge in [0.2, 0.25) is 0 Å². The van der Waals surface area contributed by atoms with E-state index in [-0.39, 0.29) is 17.8 Å². The first-order valence-electron chi connectivity index (χ1n) is 5.72. The summed E-state index contributed by atoms with van der Waals surface area (Å²) in [5.41, 5.74) is 6.50. The fraction of sp³-hybridized carbons (Fsp3) is 0.538. The maximum Gasteiger partial charge on any atom is 0.127 e. The zero-order valence-electron chi connectivity index (χ0n) is 10.3. The van der Waals surface area contributed by atoms with Gasteiger partial charge in [0.1, 0.15) is 5.82 Å². The summed E-state index contributed by atoms with van der Waals surface area (Å²) >= 11 is 0. The molecule has 0 saturated carbocycles. The van der Waals surface area contributed by atoms with Crippen LogP contribution in [0, 0.1) is 11.7 Å². The largest absolute Gasteiger partial charge is 0.330 e. The minimum atomic E-state index is -0.145. The molecule has 0 bridgehead atoms. The molecule has 1 aromatic rings. The van der Waals surface area contributed by atoms with Crippen molar-refractivity contribution >= 4 is 0 Å². The van der Waals surface area contributed by atoms with Crippen LogP contribution in [0.15, 0.2) is 24.3 Å². The van der Waals surface area contributed by atoms with Gasteiger partial charge < -0.3 is 10.6 Å². The van der Waals surface area contributed by atoms with Crippen molar-refractivity contribution in [2.24, 2.45) is 11.7 Å². The van der Waals surface area contributed by atoms with Gasteiger partial charge in [-0.2, -0.15) is 0 Å². The van der Waals surface area contributed by atoms with E-state index in [0.717, 1.165) is 12.0 Å². The molecule has 1 rings (SSSR count). The van der Waals surface area contributed by atoms with Crippen LogP contribution in [0.2, 0.25) is 0 Å². The van der Waals surface area contributed by atoms with Crippen molar-refractivity contribution in [1.29, 1.82) is 0 Å². The standard InChI is InChI=1S/C13H21FN2/c1-4-10(9-15)13(16(2)3)11-7-5-6-8-12(11)14/h5-8,10,13H,4,9,15H2,1-3H3. The maximum absolute atomic E-state index is 13.8. The Hall–Kier alpha value is -0.930. The van der Waals surface area contributed by atoms with Crippen LogP contribution < -0.4 is 5.73 Å². The van der Waals surface area contributed by atoms with Crippen LogP contribution in [0.1, 0.15) is 24.9 Å². The quantitative estimate of drug-likeness (QED) is 0.832. The van der Waals surface area contributed by atoms with E-state index in [4.69, 9.17) is 5.73 Å². The van der Waals surface area contributed by atoms with Gasteiger partial charge in [0.15, 0.2) is 0 Å². The highest BCUT2D eigenvalue weighted by molar-refractivity contribution is 5.22. The molecule has 0 radical (unpaired) electrons. The van der Waals surface area contributed by atoms with E-state index < -0.39 is 0 Å². The van der Waals surface area contributed by atoms with E-state index in [1.54, 1.807) is 6.07 Å². The Labute approximate surface area is 97.3 Å². The first-order chi connectivity index (χ1) is 7.61. The Morgan fingerprint density at radius 1 is 1.31 bits per heavy atom. The van der Waals surface area contributed by atoms with Gasteiger partial charge in [-0.25, -0.2) is 4.39 Å². The van der Waals surface area contributed by atoms with Crippen LogP contribution in [-0.4, -0.2) is 25.5 Å². The predicted molar refractivity (Wildman–Crippen MR) is 65.7 cm³/mol. The topological polar surface area (TPSA) is 29.3 Å². The number of rotatable bonds is 5. The van der Waals surface area contributed by atoms with Crippen molar-refractivity contribution in [3.05, 3.63) is 35.6 Å². The Kier molecular flexibility index (Phi) is 4.90. The molecule has 0 amide bonds. The van der Waals surface area contributed by atoms with Crippen LogP contribution in [0.3, 0.4) is 0 Å². The summed E-state index contributed by atoms with van der Waals surface area (Å²) in [5, 5.41) is 0. The first kappa shape index (κ1) is 13.1. The van der Waals surface area contributed by atoms with Gasteiger partial charge in [-0.1, -0.05) is 31.5 Å². The molecular weight excluding hydrogens is 203 g/mol. The van der Waals surface area contributed by atoms with E-state index in [1.165, 1.54) is 6.07 Å². The van der Waals surface area contributed by atoms with Crippen molar-refractivity contribution in [1.82, 2.24) is 4.90 Å². The molecule has 3 heteroatoms. The molecule has 2 nitrogen and oxygen atoms in total. The summed E-state index contributed by atoms with van der Waals surface area (Å²) in [7, 11) is 3.94. The number of nitrogens with zero attached hydrogens (tertiary/aromatic N) is 1. The lowest BCUT2D eigenvalue weighted by Gasteiger charge is -2.31. The van der Waals surface area contributed by atoms with E-state index in [0.29, 0.717) is 6.54 Å². The minimum absolute atomic E-state index is 0.0520. The Balaban J connectivity index is 3.07. The second-order valence-corrected chi connectivity index (χ2v) is 4.33. The molecule has 2 atom stereocenters. The van der Waals surface area contributed by atoms with Crippen LogP contribution in [-0.2, 0) is 0 Å². The second-order valence-electron chi connectivity index (χ2n) is 4.33. The highest BCUT2D eigenvalue weighted by Crippen LogP contribution is 2.30. The average molecular weight is 224 g/mol. The third-order valence-electron chi connectivity index (χ3n) is 3.05. The molecule has 0 aliphatic rings. The Morgan fingerprint density at radius 2 is 1.94 bits per heavy atom. The number of hydrogen-bond acceptors (Lipinski definition) is 2. The van der Waals surface area contributed by atoms with Crippen molar-refractivity contribution in [2.45, 2.75) is 19.4 Å². The maximum atomic E-state index is 13.8. The van der Waals surface area contributed by atoms with E-state index in [9.17, 15) is 4.39 Å². The fourth-order valence-electron chi connectivity index (χ4n) is 2.19. The van der Waals surface area contributed by atoms with Crippen LogP contribution in [0.25, 0.3) is 0 Å². The van der Waals surface area contributed by atoms with Crippen molar-refractivity contribution in [2.75, 3.05) is 20.6 Å². The molecular formula is C13H21FN2. The molecule has 0 saturated heterocycles. The van der Waals surface area contributed by atoms with E-state index in [2.05, 4.69) is 6.92 Å². The summed E-state index contributed by atoms with van der Waals surface area (Å²) in [6.07, 6.45) is 0.952. The summed E-state index contributed by atoms with van der Waals surface area (Å²) in [4.78, 5) is 2.04. The van der Waals surface area contributed by atoms with Crippen LogP contribution in [0.5, 0.6) is 0 Å². The van der Waals surface area contributed by atoms with Gasteiger partial charge in [-0.15, -0.1) is 0 Å². The molecule has 0 aliphatic carbocycles. The third kappa shape index (κ3) is 2.80. The van der Waals surface area contributed by atoms with Crippen molar-refractivity contribution in [3.8, 4) is 0 Å². The van der Waals surface area contributed by atoms with Crippen molar-refractivity contribution < 1.29 is 4.39 Å². The zero-order valence-corrected chi connectivity index (χ0v) is 10.3. The SMILES string of the molecule is CCC(CN)C(c1ccccc1F)N(C)C. The minimum Gasteiger partial charge on any atom is -0.330 e. The monoisotopic (exact) mass is 224 g/mol. The molecule has 16 heavy (non-hydrogen) atoms. The molecule has 0 heterocycles. The predicted octanol–water partition coefficient (Wildman–Crippen LogP) is 2.41. The fourth-order valence-corrected chi connectivity index (χ4v) is 2.19. The van der Waals surface area contributed by atoms with Crippen LogP contribution in [0.4, 0.5) is 4.39 Å². The summed E-state index contributed by atoms with van der Waals surface area (Å²) in [6, 6.07) is 7.00. The lowest BCUT2D eigenvalue weighted by Crippen LogP contribution is -2.32. The lowest BCUT2D eigenvalue weighted by atomic mass is 9.90. The second kappa shape index (κ2) is 5.97. The third-order valence-corrected chi connectivity index (χ3v) is 3.05. The molecule has 0 spiro atoms. The normalized spacial score (nSPS) is 15.1. The van der Waals surface area contributed by atoms with Gasteiger partial charge in [0.05, 0.1) is 0 Å². The molecule has 90 valence electrons. The lowest BCUT2D eigenvalue weighted by molar-refractivity contribution is 0.206. The van der Waals surface area contributed by atoms with Crippen LogP contribution >= 0.6 is 0 Å². The van der Waals surface area contributed by atoms with Gasteiger partial charge in [0.25, 0.3) is 0 Å². The Bertz CT molecular complexity index is 321. The molecule has 1 aromatic carbocycles. The first-order valence-corrected chi connectivity index (χ1v) is 5.72. The van der Waals surface area contributed by atoms with E-state index >= 15 is 0 Å². The number of nitrogens with two attached hydrogens (primary N) is 1.